The number of amides is 1. The molecule has 1 N–H and O–H groups in total. The Hall–Kier alpha value is -4.01. The summed E-state index contributed by atoms with van der Waals surface area (Å²) in [5.74, 6) is 0.407. The average Bonchev–Trinajstić information content (AvgIpc) is 3.26. The number of hydrogen-bond donors (Lipinski definition) is 1. The monoisotopic (exact) mass is 377 g/mol. The van der Waals surface area contributed by atoms with Crippen LogP contribution >= 0.6 is 0 Å². The van der Waals surface area contributed by atoms with Gasteiger partial charge in [-0.05, 0) is 18.2 Å². The molecule has 0 saturated carbocycles. The lowest BCUT2D eigenvalue weighted by molar-refractivity contribution is -0.384. The second-order valence-electron chi connectivity index (χ2n) is 6.16. The Morgan fingerprint density at radius 2 is 2.00 bits per heavy atom. The third-order valence-electron chi connectivity index (χ3n) is 4.20. The molecule has 0 spiro atoms. The summed E-state index contributed by atoms with van der Waals surface area (Å²) >= 11 is 0. The SMILES string of the molecule is Cc1nnc(-c2cc3ccccc3n2CC(=O)Nc2cccc([N+](=O)[O-])c2)o1. The number of hydrogen-bond acceptors (Lipinski definition) is 6. The van der Waals surface area contributed by atoms with Crippen molar-refractivity contribution in [1.82, 2.24) is 14.8 Å². The zero-order valence-electron chi connectivity index (χ0n) is 14.8. The van der Waals surface area contributed by atoms with Crippen molar-refractivity contribution in [3.8, 4) is 11.6 Å². The van der Waals surface area contributed by atoms with E-state index in [1.807, 2.05) is 30.3 Å². The minimum absolute atomic E-state index is 0.0209. The van der Waals surface area contributed by atoms with Gasteiger partial charge in [0.15, 0.2) is 0 Å². The molecule has 2 heterocycles. The van der Waals surface area contributed by atoms with Crippen molar-refractivity contribution < 1.29 is 14.1 Å². The first-order valence-corrected chi connectivity index (χ1v) is 8.44. The van der Waals surface area contributed by atoms with Gasteiger partial charge in [0.1, 0.15) is 12.2 Å². The minimum atomic E-state index is -0.509. The van der Waals surface area contributed by atoms with E-state index in [2.05, 4.69) is 15.5 Å². The second kappa shape index (κ2) is 6.95. The molecule has 0 saturated heterocycles. The lowest BCUT2D eigenvalue weighted by atomic mass is 10.2. The fraction of sp³-hybridized carbons (Fsp3) is 0.105. The molecule has 0 aliphatic rings. The molecule has 9 nitrogen and oxygen atoms in total. The standard InChI is InChI=1S/C19H15N5O4/c1-12-21-22-19(28-12)17-9-13-5-2-3-8-16(13)23(17)11-18(25)20-14-6-4-7-15(10-14)24(26)27/h2-10H,11H2,1H3,(H,20,25). The van der Waals surface area contributed by atoms with E-state index in [4.69, 9.17) is 4.42 Å². The zero-order valence-corrected chi connectivity index (χ0v) is 14.8. The number of nitrogens with zero attached hydrogens (tertiary/aromatic N) is 4. The third kappa shape index (κ3) is 3.32. The van der Waals surface area contributed by atoms with Crippen molar-refractivity contribution in [2.45, 2.75) is 13.5 Å². The molecule has 9 heteroatoms. The number of aryl methyl sites for hydroxylation is 1. The van der Waals surface area contributed by atoms with E-state index in [0.29, 0.717) is 23.2 Å². The molecule has 0 fully saturated rings. The Morgan fingerprint density at radius 3 is 2.75 bits per heavy atom. The number of nitrogens with one attached hydrogen (secondary N) is 1. The van der Waals surface area contributed by atoms with Crippen molar-refractivity contribution in [1.29, 1.82) is 0 Å². The van der Waals surface area contributed by atoms with Gasteiger partial charge in [0.05, 0.1) is 4.92 Å². The number of carbonyl (C=O) groups is 1. The summed E-state index contributed by atoms with van der Waals surface area (Å²) in [5.41, 5.74) is 1.72. The van der Waals surface area contributed by atoms with Gasteiger partial charge in [0.2, 0.25) is 11.8 Å². The van der Waals surface area contributed by atoms with Crippen LogP contribution in [-0.4, -0.2) is 25.6 Å². The Kier molecular flexibility index (Phi) is 4.32. The maximum Gasteiger partial charge on any atom is 0.271 e. The van der Waals surface area contributed by atoms with Crippen molar-refractivity contribution >= 4 is 28.2 Å². The number of nitro groups is 1. The molecule has 2 aromatic heterocycles. The number of fused-ring (bicyclic) bond motifs is 1. The van der Waals surface area contributed by atoms with Gasteiger partial charge < -0.3 is 14.3 Å². The number of non-ortho nitro benzene ring substituents is 1. The highest BCUT2D eigenvalue weighted by Crippen LogP contribution is 2.27. The first-order chi connectivity index (χ1) is 13.5. The van der Waals surface area contributed by atoms with Crippen LogP contribution in [0, 0.1) is 17.0 Å². The molecule has 0 bridgehead atoms. The van der Waals surface area contributed by atoms with Crippen LogP contribution in [0.15, 0.2) is 59.0 Å². The van der Waals surface area contributed by atoms with Crippen molar-refractivity contribution in [2.24, 2.45) is 0 Å². The molecule has 4 aromatic rings. The maximum atomic E-state index is 12.6. The molecule has 0 unspecified atom stereocenters. The molecule has 0 aliphatic heterocycles. The number of rotatable bonds is 5. The van der Waals surface area contributed by atoms with Crippen LogP contribution in [0.4, 0.5) is 11.4 Å². The van der Waals surface area contributed by atoms with Gasteiger partial charge in [0.25, 0.3) is 11.6 Å². The predicted molar refractivity (Wildman–Crippen MR) is 102 cm³/mol. The first kappa shape index (κ1) is 17.4. The third-order valence-corrected chi connectivity index (χ3v) is 4.20. The van der Waals surface area contributed by atoms with Crippen molar-refractivity contribution in [3.63, 3.8) is 0 Å². The van der Waals surface area contributed by atoms with Gasteiger partial charge in [-0.2, -0.15) is 0 Å². The van der Waals surface area contributed by atoms with E-state index in [0.717, 1.165) is 10.9 Å². The molecule has 4 rings (SSSR count). The molecule has 0 aliphatic carbocycles. The highest BCUT2D eigenvalue weighted by molar-refractivity contribution is 5.93. The maximum absolute atomic E-state index is 12.6. The Morgan fingerprint density at radius 1 is 1.18 bits per heavy atom. The van der Waals surface area contributed by atoms with Gasteiger partial charge in [0, 0.05) is 35.6 Å². The Labute approximate surface area is 158 Å². The van der Waals surface area contributed by atoms with E-state index >= 15 is 0 Å². The van der Waals surface area contributed by atoms with Crippen molar-refractivity contribution in [2.75, 3.05) is 5.32 Å². The van der Waals surface area contributed by atoms with Crippen LogP contribution < -0.4 is 5.32 Å². The van der Waals surface area contributed by atoms with Crippen LogP contribution in [0.5, 0.6) is 0 Å². The molecule has 140 valence electrons. The average molecular weight is 377 g/mol. The topological polar surface area (TPSA) is 116 Å². The highest BCUT2D eigenvalue weighted by Gasteiger charge is 2.18. The van der Waals surface area contributed by atoms with Gasteiger partial charge in [-0.25, -0.2) is 0 Å². The number of benzene rings is 2. The van der Waals surface area contributed by atoms with Crippen LogP contribution in [0.2, 0.25) is 0 Å². The lowest BCUT2D eigenvalue weighted by Crippen LogP contribution is -2.19. The predicted octanol–water partition coefficient (Wildman–Crippen LogP) is 3.55. The largest absolute Gasteiger partial charge is 0.420 e. The second-order valence-corrected chi connectivity index (χ2v) is 6.16. The fourth-order valence-corrected chi connectivity index (χ4v) is 3.00. The van der Waals surface area contributed by atoms with Crippen molar-refractivity contribution in [3.05, 3.63) is 70.6 Å². The fourth-order valence-electron chi connectivity index (χ4n) is 3.00. The van der Waals surface area contributed by atoms with Crippen LogP contribution in [0.3, 0.4) is 0 Å². The molecular formula is C19H15N5O4. The molecule has 2 aromatic carbocycles. The van der Waals surface area contributed by atoms with Crippen LogP contribution in [-0.2, 0) is 11.3 Å². The number of aromatic nitrogens is 3. The van der Waals surface area contributed by atoms with E-state index in [1.54, 1.807) is 17.6 Å². The van der Waals surface area contributed by atoms with Crippen LogP contribution in [0.25, 0.3) is 22.5 Å². The number of anilines is 1. The van der Waals surface area contributed by atoms with E-state index in [9.17, 15) is 14.9 Å². The summed E-state index contributed by atoms with van der Waals surface area (Å²) in [5, 5.41) is 22.4. The number of nitro benzene ring substituents is 1. The molecule has 0 atom stereocenters. The molecule has 0 radical (unpaired) electrons. The Bertz CT molecular complexity index is 1190. The summed E-state index contributed by atoms with van der Waals surface area (Å²) in [6.45, 7) is 1.67. The summed E-state index contributed by atoms with van der Waals surface area (Å²) in [6.07, 6.45) is 0. The number of para-hydroxylation sites is 1. The first-order valence-electron chi connectivity index (χ1n) is 8.44. The van der Waals surface area contributed by atoms with Gasteiger partial charge in [-0.3, -0.25) is 14.9 Å². The smallest absolute Gasteiger partial charge is 0.271 e. The lowest BCUT2D eigenvalue weighted by Gasteiger charge is -2.10. The van der Waals surface area contributed by atoms with E-state index in [-0.39, 0.29) is 18.1 Å². The van der Waals surface area contributed by atoms with Gasteiger partial charge in [-0.15, -0.1) is 10.2 Å². The molecular weight excluding hydrogens is 362 g/mol. The number of carbonyl (C=O) groups excluding carboxylic acids is 1. The minimum Gasteiger partial charge on any atom is -0.420 e. The highest BCUT2D eigenvalue weighted by atomic mass is 16.6. The van der Waals surface area contributed by atoms with Gasteiger partial charge >= 0.3 is 0 Å². The molecule has 1 amide bonds. The summed E-state index contributed by atoms with van der Waals surface area (Å²) in [7, 11) is 0. The van der Waals surface area contributed by atoms with E-state index in [1.165, 1.54) is 18.2 Å². The summed E-state index contributed by atoms with van der Waals surface area (Å²) < 4.78 is 7.30. The summed E-state index contributed by atoms with van der Waals surface area (Å²) in [6, 6.07) is 15.3. The van der Waals surface area contributed by atoms with Gasteiger partial charge in [-0.1, -0.05) is 24.3 Å². The van der Waals surface area contributed by atoms with E-state index < -0.39 is 4.92 Å². The zero-order chi connectivity index (χ0) is 19.7. The molecule has 28 heavy (non-hydrogen) atoms. The normalized spacial score (nSPS) is 10.9. The summed E-state index contributed by atoms with van der Waals surface area (Å²) in [4.78, 5) is 23.0. The van der Waals surface area contributed by atoms with Crippen LogP contribution in [0.1, 0.15) is 5.89 Å². The quantitative estimate of drug-likeness (QED) is 0.420. The Balaban J connectivity index is 1.66.